The summed E-state index contributed by atoms with van der Waals surface area (Å²) in [5, 5.41) is 2.85. The molecule has 2 amide bonds. The average molecular weight is 448 g/mol. The van der Waals surface area contributed by atoms with E-state index < -0.39 is 0 Å². The fraction of sp³-hybridized carbons (Fsp3) is 0.296. The minimum Gasteiger partial charge on any atom is -0.307 e. The third kappa shape index (κ3) is 4.35. The quantitative estimate of drug-likeness (QED) is 0.546. The van der Waals surface area contributed by atoms with Gasteiger partial charge in [-0.25, -0.2) is 13.6 Å². The highest BCUT2D eigenvalue weighted by Crippen LogP contribution is 2.47. The summed E-state index contributed by atoms with van der Waals surface area (Å²) >= 11 is 0. The monoisotopic (exact) mass is 447 g/mol. The maximum absolute atomic E-state index is 13.6. The number of nitrogens with zero attached hydrogens (tertiary/aromatic N) is 2. The van der Waals surface area contributed by atoms with Crippen LogP contribution in [0.4, 0.5) is 25.0 Å². The van der Waals surface area contributed by atoms with Gasteiger partial charge < -0.3 is 5.32 Å². The van der Waals surface area contributed by atoms with Gasteiger partial charge in [-0.15, -0.1) is 0 Å². The van der Waals surface area contributed by atoms with Crippen molar-refractivity contribution in [3.63, 3.8) is 0 Å². The number of fused-ring (bicyclic) bond motifs is 2. The normalized spacial score (nSPS) is 17.2. The van der Waals surface area contributed by atoms with E-state index in [-0.39, 0.29) is 23.1 Å². The maximum Gasteiger partial charge on any atom is 0.326 e. The summed E-state index contributed by atoms with van der Waals surface area (Å²) in [6.07, 6.45) is 1.84. The number of nitrogens with one attached hydrogen (secondary N) is 1. The molecule has 4 nitrogen and oxygen atoms in total. The third-order valence-corrected chi connectivity index (χ3v) is 6.90. The molecule has 33 heavy (non-hydrogen) atoms. The number of piperidine rings is 1. The summed E-state index contributed by atoms with van der Waals surface area (Å²) in [6.45, 7) is 5.15. The lowest BCUT2D eigenvalue weighted by molar-refractivity contribution is 0.160. The van der Waals surface area contributed by atoms with E-state index in [0.717, 1.165) is 43.7 Å². The first-order valence-electron chi connectivity index (χ1n) is 11.3. The highest BCUT2D eigenvalue weighted by molar-refractivity contribution is 6.03. The van der Waals surface area contributed by atoms with Crippen LogP contribution in [0.25, 0.3) is 0 Å². The zero-order valence-electron chi connectivity index (χ0n) is 18.7. The SMILES string of the molecule is Cc1ccc2c(c1)C1(CCN(Cc3cccc(F)c3)CC1)CN2C(=O)Nc1cccc(F)c1. The highest BCUT2D eigenvalue weighted by atomic mass is 19.1. The lowest BCUT2D eigenvalue weighted by Gasteiger charge is -2.40. The van der Waals surface area contributed by atoms with Crippen molar-refractivity contribution in [2.45, 2.75) is 31.7 Å². The molecule has 3 aromatic carbocycles. The van der Waals surface area contributed by atoms with E-state index >= 15 is 0 Å². The van der Waals surface area contributed by atoms with E-state index in [4.69, 9.17) is 0 Å². The van der Waals surface area contributed by atoms with Gasteiger partial charge in [-0.1, -0.05) is 35.9 Å². The standard InChI is InChI=1S/C27H27F2N3O/c1-19-8-9-25-24(14-19)27(18-32(25)26(33)30-23-7-3-6-22(29)16-23)10-12-31(13-11-27)17-20-4-2-5-21(28)15-20/h2-9,14-16H,10-13,17-18H2,1H3,(H,30,33). The molecule has 2 aliphatic heterocycles. The number of hydrogen-bond acceptors (Lipinski definition) is 2. The number of likely N-dealkylation sites (tertiary alicyclic amines) is 1. The molecule has 3 aromatic rings. The summed E-state index contributed by atoms with van der Waals surface area (Å²) in [7, 11) is 0. The van der Waals surface area contributed by atoms with E-state index in [1.165, 1.54) is 29.3 Å². The molecular formula is C27H27F2N3O. The Labute approximate surface area is 192 Å². The number of benzene rings is 3. The van der Waals surface area contributed by atoms with Crippen LogP contribution in [0.1, 0.15) is 29.5 Å². The summed E-state index contributed by atoms with van der Waals surface area (Å²) in [6, 6.07) is 18.7. The number of aryl methyl sites for hydroxylation is 1. The smallest absolute Gasteiger partial charge is 0.307 e. The fourth-order valence-corrected chi connectivity index (χ4v) is 5.18. The Hall–Kier alpha value is -3.25. The van der Waals surface area contributed by atoms with Crippen LogP contribution in [0, 0.1) is 18.6 Å². The predicted octanol–water partition coefficient (Wildman–Crippen LogP) is 5.86. The van der Waals surface area contributed by atoms with Crippen molar-refractivity contribution in [1.82, 2.24) is 4.90 Å². The molecule has 1 N–H and O–H groups in total. The van der Waals surface area contributed by atoms with Gasteiger partial charge in [0.05, 0.1) is 0 Å². The zero-order chi connectivity index (χ0) is 23.0. The van der Waals surface area contributed by atoms with E-state index in [1.54, 1.807) is 29.2 Å². The van der Waals surface area contributed by atoms with E-state index in [2.05, 4.69) is 23.2 Å². The third-order valence-electron chi connectivity index (χ3n) is 6.90. The number of urea groups is 1. The number of carbonyl (C=O) groups is 1. The number of amides is 2. The molecule has 6 heteroatoms. The molecule has 0 atom stereocenters. The summed E-state index contributed by atoms with van der Waals surface area (Å²) in [5.74, 6) is -0.589. The van der Waals surface area contributed by atoms with Crippen molar-refractivity contribution in [2.75, 3.05) is 29.9 Å². The van der Waals surface area contributed by atoms with Crippen LogP contribution in [0.2, 0.25) is 0 Å². The topological polar surface area (TPSA) is 35.6 Å². The number of hydrogen-bond donors (Lipinski definition) is 1. The van der Waals surface area contributed by atoms with Gasteiger partial charge in [0, 0.05) is 29.9 Å². The molecule has 0 bridgehead atoms. The summed E-state index contributed by atoms with van der Waals surface area (Å²) in [4.78, 5) is 17.3. The Bertz CT molecular complexity index is 1190. The Kier molecular flexibility index (Phi) is 5.62. The second-order valence-electron chi connectivity index (χ2n) is 9.23. The number of halogens is 2. The van der Waals surface area contributed by atoms with Crippen molar-refractivity contribution >= 4 is 17.4 Å². The molecule has 0 aliphatic carbocycles. The fourth-order valence-electron chi connectivity index (χ4n) is 5.18. The number of carbonyl (C=O) groups excluding carboxylic acids is 1. The van der Waals surface area contributed by atoms with Gasteiger partial charge in [-0.2, -0.15) is 0 Å². The van der Waals surface area contributed by atoms with E-state index in [9.17, 15) is 13.6 Å². The first-order valence-corrected chi connectivity index (χ1v) is 11.3. The minimum atomic E-state index is -0.382. The molecule has 2 heterocycles. The predicted molar refractivity (Wildman–Crippen MR) is 127 cm³/mol. The summed E-state index contributed by atoms with van der Waals surface area (Å²) in [5.41, 5.74) is 4.61. The molecule has 2 aliphatic rings. The molecule has 170 valence electrons. The molecule has 1 spiro atoms. The Morgan fingerprint density at radius 2 is 1.70 bits per heavy atom. The largest absolute Gasteiger partial charge is 0.326 e. The van der Waals surface area contributed by atoms with Crippen LogP contribution in [-0.4, -0.2) is 30.6 Å². The van der Waals surface area contributed by atoms with E-state index in [0.29, 0.717) is 12.2 Å². The Balaban J connectivity index is 1.35. The Morgan fingerprint density at radius 3 is 2.42 bits per heavy atom. The Morgan fingerprint density at radius 1 is 0.970 bits per heavy atom. The second kappa shape index (κ2) is 8.60. The first-order chi connectivity index (χ1) is 15.9. The molecule has 5 rings (SSSR count). The van der Waals surface area contributed by atoms with Crippen LogP contribution in [0.5, 0.6) is 0 Å². The van der Waals surface area contributed by atoms with Crippen LogP contribution >= 0.6 is 0 Å². The van der Waals surface area contributed by atoms with Crippen molar-refractivity contribution in [1.29, 1.82) is 0 Å². The van der Waals surface area contributed by atoms with Crippen molar-refractivity contribution in [3.05, 3.63) is 95.1 Å². The minimum absolute atomic E-state index is 0.112. The zero-order valence-corrected chi connectivity index (χ0v) is 18.7. The molecular weight excluding hydrogens is 420 g/mol. The lowest BCUT2D eigenvalue weighted by Crippen LogP contribution is -2.46. The molecule has 1 fully saturated rings. The van der Waals surface area contributed by atoms with Gasteiger partial charge >= 0.3 is 6.03 Å². The van der Waals surface area contributed by atoms with Gasteiger partial charge in [-0.3, -0.25) is 9.80 Å². The van der Waals surface area contributed by atoms with Gasteiger partial charge in [-0.05, 0) is 80.4 Å². The molecule has 0 radical (unpaired) electrons. The molecule has 0 unspecified atom stereocenters. The van der Waals surface area contributed by atoms with Gasteiger partial charge in [0.1, 0.15) is 11.6 Å². The van der Waals surface area contributed by atoms with Gasteiger partial charge in [0.2, 0.25) is 0 Å². The van der Waals surface area contributed by atoms with Gasteiger partial charge in [0.15, 0.2) is 0 Å². The van der Waals surface area contributed by atoms with Crippen molar-refractivity contribution < 1.29 is 13.6 Å². The van der Waals surface area contributed by atoms with Crippen LogP contribution < -0.4 is 10.2 Å². The number of anilines is 2. The van der Waals surface area contributed by atoms with Crippen LogP contribution in [0.15, 0.2) is 66.7 Å². The maximum atomic E-state index is 13.6. The average Bonchev–Trinajstić information content (AvgIpc) is 3.09. The van der Waals surface area contributed by atoms with Crippen LogP contribution in [0.3, 0.4) is 0 Å². The second-order valence-corrected chi connectivity index (χ2v) is 9.23. The van der Waals surface area contributed by atoms with E-state index in [1.807, 2.05) is 18.2 Å². The van der Waals surface area contributed by atoms with Crippen molar-refractivity contribution in [2.24, 2.45) is 0 Å². The van der Waals surface area contributed by atoms with Crippen LogP contribution in [-0.2, 0) is 12.0 Å². The molecule has 1 saturated heterocycles. The van der Waals surface area contributed by atoms with Gasteiger partial charge in [0.25, 0.3) is 0 Å². The highest BCUT2D eigenvalue weighted by Gasteiger charge is 2.46. The first kappa shape index (κ1) is 21.6. The molecule has 0 aromatic heterocycles. The molecule has 0 saturated carbocycles. The summed E-state index contributed by atoms with van der Waals surface area (Å²) < 4.78 is 27.2. The number of rotatable bonds is 3. The van der Waals surface area contributed by atoms with Crippen molar-refractivity contribution in [3.8, 4) is 0 Å². The lowest BCUT2D eigenvalue weighted by atomic mass is 9.74.